The van der Waals surface area contributed by atoms with Gasteiger partial charge in [0.05, 0.1) is 10.0 Å². The number of benzene rings is 2. The van der Waals surface area contributed by atoms with Gasteiger partial charge in [0.25, 0.3) is 5.91 Å². The summed E-state index contributed by atoms with van der Waals surface area (Å²) in [5.41, 5.74) is 2.95. The van der Waals surface area contributed by atoms with E-state index in [2.05, 4.69) is 29.0 Å². The summed E-state index contributed by atoms with van der Waals surface area (Å²) in [6, 6.07) is 13.7. The van der Waals surface area contributed by atoms with E-state index in [-0.39, 0.29) is 11.9 Å². The summed E-state index contributed by atoms with van der Waals surface area (Å²) in [5.74, 6) is 0.366. The summed E-state index contributed by atoms with van der Waals surface area (Å²) in [7, 11) is 0. The molecular formula is C24H31Cl2N3O. The van der Waals surface area contributed by atoms with Gasteiger partial charge < -0.3 is 5.32 Å². The Labute approximate surface area is 190 Å². The van der Waals surface area contributed by atoms with Crippen LogP contribution in [0.3, 0.4) is 0 Å². The fourth-order valence-corrected chi connectivity index (χ4v) is 4.08. The van der Waals surface area contributed by atoms with Gasteiger partial charge in [-0.25, -0.2) is 0 Å². The number of nitrogens with zero attached hydrogens (tertiary/aromatic N) is 2. The monoisotopic (exact) mass is 447 g/mol. The number of hydrogen-bond donors (Lipinski definition) is 1. The second-order valence-corrected chi connectivity index (χ2v) is 9.26. The molecule has 2 aromatic carbocycles. The van der Waals surface area contributed by atoms with Crippen LogP contribution in [0.5, 0.6) is 0 Å². The van der Waals surface area contributed by atoms with Crippen LogP contribution in [0.25, 0.3) is 0 Å². The largest absolute Gasteiger partial charge is 0.348 e. The van der Waals surface area contributed by atoms with Crippen LogP contribution >= 0.6 is 23.2 Å². The minimum atomic E-state index is 0.00272. The molecule has 1 atom stereocenters. The van der Waals surface area contributed by atoms with Gasteiger partial charge >= 0.3 is 0 Å². The second kappa shape index (κ2) is 10.6. The molecule has 0 bridgehead atoms. The zero-order valence-electron chi connectivity index (χ0n) is 18.0. The van der Waals surface area contributed by atoms with E-state index in [1.807, 2.05) is 49.4 Å². The first-order valence-electron chi connectivity index (χ1n) is 10.6. The van der Waals surface area contributed by atoms with Crippen LogP contribution in [-0.4, -0.2) is 54.5 Å². The maximum absolute atomic E-state index is 12.7. The Morgan fingerprint density at radius 2 is 1.63 bits per heavy atom. The third-order valence-electron chi connectivity index (χ3n) is 5.78. The van der Waals surface area contributed by atoms with Crippen molar-refractivity contribution < 1.29 is 4.79 Å². The van der Waals surface area contributed by atoms with Gasteiger partial charge in [0.15, 0.2) is 0 Å². The van der Waals surface area contributed by atoms with Crippen molar-refractivity contribution in [3.05, 3.63) is 69.2 Å². The van der Waals surface area contributed by atoms with Crippen molar-refractivity contribution in [2.75, 3.05) is 32.7 Å². The third kappa shape index (κ3) is 6.21. The predicted octanol–water partition coefficient (Wildman–Crippen LogP) is 4.87. The molecule has 6 heteroatoms. The summed E-state index contributed by atoms with van der Waals surface area (Å²) in [6.07, 6.45) is 0. The maximum atomic E-state index is 12.7. The smallest absolute Gasteiger partial charge is 0.251 e. The average molecular weight is 448 g/mol. The van der Waals surface area contributed by atoms with E-state index in [0.717, 1.165) is 56.0 Å². The summed E-state index contributed by atoms with van der Waals surface area (Å²) in [5, 5.41) is 4.50. The molecule has 162 valence electrons. The molecule has 0 aliphatic carbocycles. The van der Waals surface area contributed by atoms with Gasteiger partial charge in [-0.3, -0.25) is 14.6 Å². The van der Waals surface area contributed by atoms with Crippen LogP contribution in [0, 0.1) is 12.8 Å². The standard InChI is InChI=1S/C24H31Cl2N3O/c1-17(2)22(27-24(30)19-9-7-18(3)8-10-19)16-29-13-11-28(12-14-29)15-20-5-4-6-21(25)23(20)26/h4-10,17,22H,11-16H2,1-3H3,(H,27,30)/t22-/m0/s1. The molecule has 2 aromatic rings. The van der Waals surface area contributed by atoms with Gasteiger partial charge in [-0.05, 0) is 36.6 Å². The van der Waals surface area contributed by atoms with Crippen LogP contribution < -0.4 is 5.32 Å². The number of nitrogens with one attached hydrogen (secondary N) is 1. The van der Waals surface area contributed by atoms with E-state index >= 15 is 0 Å². The number of carbonyl (C=O) groups excluding carboxylic acids is 1. The lowest BCUT2D eigenvalue weighted by Gasteiger charge is -2.37. The first-order chi connectivity index (χ1) is 14.3. The van der Waals surface area contributed by atoms with Crippen LogP contribution in [-0.2, 0) is 6.54 Å². The lowest BCUT2D eigenvalue weighted by Crippen LogP contribution is -2.52. The molecule has 0 aromatic heterocycles. The quantitative estimate of drug-likeness (QED) is 0.656. The Morgan fingerprint density at radius 3 is 2.27 bits per heavy atom. The summed E-state index contributed by atoms with van der Waals surface area (Å²) in [4.78, 5) is 17.5. The highest BCUT2D eigenvalue weighted by Crippen LogP contribution is 2.26. The SMILES string of the molecule is Cc1ccc(C(=O)N[C@@H](CN2CCN(Cc3cccc(Cl)c3Cl)CC2)C(C)C)cc1. The Balaban J connectivity index is 1.52. The van der Waals surface area contributed by atoms with Gasteiger partial charge in [-0.15, -0.1) is 0 Å². The van der Waals surface area contributed by atoms with E-state index in [1.54, 1.807) is 0 Å². The molecule has 0 saturated carbocycles. The van der Waals surface area contributed by atoms with E-state index in [0.29, 0.717) is 16.0 Å². The molecule has 0 unspecified atom stereocenters. The minimum absolute atomic E-state index is 0.00272. The number of hydrogen-bond acceptors (Lipinski definition) is 3. The van der Waals surface area contributed by atoms with Crippen molar-refractivity contribution in [1.82, 2.24) is 15.1 Å². The number of amides is 1. The first-order valence-corrected chi connectivity index (χ1v) is 11.3. The predicted molar refractivity (Wildman–Crippen MR) is 125 cm³/mol. The van der Waals surface area contributed by atoms with Gasteiger partial charge in [-0.1, -0.05) is 66.9 Å². The van der Waals surface area contributed by atoms with Crippen molar-refractivity contribution in [2.45, 2.75) is 33.4 Å². The van der Waals surface area contributed by atoms with Crippen molar-refractivity contribution >= 4 is 29.1 Å². The number of rotatable bonds is 7. The Kier molecular flexibility index (Phi) is 8.18. The highest BCUT2D eigenvalue weighted by atomic mass is 35.5. The van der Waals surface area contributed by atoms with E-state index in [4.69, 9.17) is 23.2 Å². The zero-order chi connectivity index (χ0) is 21.7. The molecule has 1 aliphatic rings. The zero-order valence-corrected chi connectivity index (χ0v) is 19.5. The molecule has 1 amide bonds. The highest BCUT2D eigenvalue weighted by Gasteiger charge is 2.24. The molecule has 4 nitrogen and oxygen atoms in total. The van der Waals surface area contributed by atoms with Crippen LogP contribution in [0.1, 0.15) is 35.3 Å². The molecule has 1 heterocycles. The van der Waals surface area contributed by atoms with E-state index in [9.17, 15) is 4.79 Å². The molecule has 1 aliphatic heterocycles. The average Bonchev–Trinajstić information content (AvgIpc) is 2.72. The van der Waals surface area contributed by atoms with Gasteiger partial charge in [0, 0.05) is 50.9 Å². The normalized spacial score (nSPS) is 16.6. The number of carbonyl (C=O) groups is 1. The fraction of sp³-hybridized carbons (Fsp3) is 0.458. The maximum Gasteiger partial charge on any atom is 0.251 e. The van der Waals surface area contributed by atoms with Crippen molar-refractivity contribution in [2.24, 2.45) is 5.92 Å². The van der Waals surface area contributed by atoms with Crippen LogP contribution in [0.4, 0.5) is 0 Å². The van der Waals surface area contributed by atoms with Gasteiger partial charge in [-0.2, -0.15) is 0 Å². The topological polar surface area (TPSA) is 35.6 Å². The van der Waals surface area contributed by atoms with E-state index < -0.39 is 0 Å². The Bertz CT molecular complexity index is 846. The number of piperazine rings is 1. The molecule has 0 radical (unpaired) electrons. The second-order valence-electron chi connectivity index (χ2n) is 8.48. The molecular weight excluding hydrogens is 417 g/mol. The molecule has 30 heavy (non-hydrogen) atoms. The summed E-state index contributed by atoms with van der Waals surface area (Å²) < 4.78 is 0. The molecule has 1 saturated heterocycles. The minimum Gasteiger partial charge on any atom is -0.348 e. The van der Waals surface area contributed by atoms with E-state index in [1.165, 1.54) is 0 Å². The van der Waals surface area contributed by atoms with Crippen molar-refractivity contribution in [3.8, 4) is 0 Å². The molecule has 0 spiro atoms. The fourth-order valence-electron chi connectivity index (χ4n) is 3.70. The highest BCUT2D eigenvalue weighted by molar-refractivity contribution is 6.42. The summed E-state index contributed by atoms with van der Waals surface area (Å²) >= 11 is 12.5. The van der Waals surface area contributed by atoms with Crippen LogP contribution in [0.15, 0.2) is 42.5 Å². The van der Waals surface area contributed by atoms with Gasteiger partial charge in [0.2, 0.25) is 0 Å². The van der Waals surface area contributed by atoms with Gasteiger partial charge in [0.1, 0.15) is 0 Å². The Morgan fingerprint density at radius 1 is 1.00 bits per heavy atom. The van der Waals surface area contributed by atoms with Crippen molar-refractivity contribution in [3.63, 3.8) is 0 Å². The van der Waals surface area contributed by atoms with Crippen molar-refractivity contribution in [1.29, 1.82) is 0 Å². The van der Waals surface area contributed by atoms with Crippen LogP contribution in [0.2, 0.25) is 10.0 Å². The molecule has 1 fully saturated rings. The number of halogens is 2. The summed E-state index contributed by atoms with van der Waals surface area (Å²) in [6.45, 7) is 11.9. The Hall–Kier alpha value is -1.59. The lowest BCUT2D eigenvalue weighted by molar-refractivity contribution is 0.0862. The molecule has 1 N–H and O–H groups in total. The number of aryl methyl sites for hydroxylation is 1. The molecule has 3 rings (SSSR count). The third-order valence-corrected chi connectivity index (χ3v) is 6.64. The first kappa shape index (κ1) is 23.1. The lowest BCUT2D eigenvalue weighted by atomic mass is 10.0.